The van der Waals surface area contributed by atoms with Gasteiger partial charge in [0.05, 0.1) is 4.92 Å². The zero-order valence-electron chi connectivity index (χ0n) is 11.0. The second kappa shape index (κ2) is 6.47. The number of hydrogen-bond donors (Lipinski definition) is 2. The number of aromatic nitrogens is 1. The highest BCUT2D eigenvalue weighted by atomic mass is 16.6. The first-order chi connectivity index (χ1) is 10.1. The number of benzene rings is 1. The topological polar surface area (TPSA) is 105 Å². The summed E-state index contributed by atoms with van der Waals surface area (Å²) in [5, 5.41) is 22.9. The van der Waals surface area contributed by atoms with E-state index < -0.39 is 10.8 Å². The Hall–Kier alpha value is -2.96. The van der Waals surface area contributed by atoms with Crippen molar-refractivity contribution in [2.75, 3.05) is 5.32 Å². The van der Waals surface area contributed by atoms with E-state index >= 15 is 0 Å². The molecule has 0 fully saturated rings. The van der Waals surface area contributed by atoms with Gasteiger partial charge in [-0.05, 0) is 24.6 Å². The van der Waals surface area contributed by atoms with Gasteiger partial charge in [0.1, 0.15) is 5.75 Å². The summed E-state index contributed by atoms with van der Waals surface area (Å²) >= 11 is 0. The van der Waals surface area contributed by atoms with Crippen molar-refractivity contribution in [3.05, 3.63) is 58.4 Å². The van der Waals surface area contributed by atoms with Crippen LogP contribution >= 0.6 is 0 Å². The van der Waals surface area contributed by atoms with Gasteiger partial charge in [-0.2, -0.15) is 0 Å². The number of anilines is 1. The third-order valence-electron chi connectivity index (χ3n) is 2.82. The summed E-state index contributed by atoms with van der Waals surface area (Å²) in [5.41, 5.74) is 0.217. The van der Waals surface area contributed by atoms with Gasteiger partial charge >= 0.3 is 0 Å². The molecule has 0 saturated heterocycles. The number of pyridine rings is 1. The molecule has 0 aliphatic heterocycles. The Labute approximate surface area is 120 Å². The third kappa shape index (κ3) is 3.75. The summed E-state index contributed by atoms with van der Waals surface area (Å²) in [6, 6.07) is 9.21. The van der Waals surface area contributed by atoms with Crippen LogP contribution in [0.25, 0.3) is 0 Å². The van der Waals surface area contributed by atoms with Crippen LogP contribution in [-0.4, -0.2) is 20.9 Å². The fourth-order valence-corrected chi connectivity index (χ4v) is 1.80. The van der Waals surface area contributed by atoms with Gasteiger partial charge in [0, 0.05) is 24.4 Å². The summed E-state index contributed by atoms with van der Waals surface area (Å²) in [5.74, 6) is -0.763. The van der Waals surface area contributed by atoms with Gasteiger partial charge in [-0.3, -0.25) is 19.9 Å². The molecule has 21 heavy (non-hydrogen) atoms. The average molecular weight is 287 g/mol. The molecule has 0 aliphatic rings. The molecule has 7 heteroatoms. The molecular formula is C14H13N3O4. The van der Waals surface area contributed by atoms with Gasteiger partial charge in [-0.25, -0.2) is 0 Å². The van der Waals surface area contributed by atoms with Crippen molar-refractivity contribution in [2.45, 2.75) is 12.8 Å². The highest BCUT2D eigenvalue weighted by molar-refractivity contribution is 5.95. The molecule has 108 valence electrons. The average Bonchev–Trinajstić information content (AvgIpc) is 2.48. The van der Waals surface area contributed by atoms with Crippen LogP contribution in [-0.2, 0) is 11.2 Å². The lowest BCUT2D eigenvalue weighted by molar-refractivity contribution is -0.384. The molecular weight excluding hydrogens is 274 g/mol. The molecule has 0 saturated carbocycles. The van der Waals surface area contributed by atoms with Crippen molar-refractivity contribution in [1.82, 2.24) is 4.98 Å². The quantitative estimate of drug-likeness (QED) is 0.498. The lowest BCUT2D eigenvalue weighted by Crippen LogP contribution is -2.14. The van der Waals surface area contributed by atoms with Gasteiger partial charge < -0.3 is 10.4 Å². The number of carbonyl (C=O) groups is 1. The van der Waals surface area contributed by atoms with E-state index in [1.807, 2.05) is 6.07 Å². The number of phenolic OH excluding ortho intramolecular Hbond substituents is 1. The van der Waals surface area contributed by atoms with Crippen LogP contribution in [0.15, 0.2) is 42.6 Å². The minimum atomic E-state index is -0.659. The van der Waals surface area contributed by atoms with Gasteiger partial charge in [-0.1, -0.05) is 12.1 Å². The zero-order valence-corrected chi connectivity index (χ0v) is 11.0. The van der Waals surface area contributed by atoms with Gasteiger partial charge in [0.15, 0.2) is 5.69 Å². The highest BCUT2D eigenvalue weighted by Crippen LogP contribution is 2.33. The van der Waals surface area contributed by atoms with Crippen molar-refractivity contribution in [2.24, 2.45) is 0 Å². The number of aryl methyl sites for hydroxylation is 1. The number of carbonyl (C=O) groups excluding carboxylic acids is 1. The molecule has 1 aromatic heterocycles. The first-order valence-corrected chi connectivity index (χ1v) is 6.24. The molecule has 0 atom stereocenters. The molecule has 1 aromatic carbocycles. The number of para-hydroxylation sites is 1. The molecule has 7 nitrogen and oxygen atoms in total. The maximum Gasteiger partial charge on any atom is 0.296 e. The van der Waals surface area contributed by atoms with Gasteiger partial charge in [0.2, 0.25) is 5.91 Å². The van der Waals surface area contributed by atoms with E-state index in [1.165, 1.54) is 18.2 Å². The summed E-state index contributed by atoms with van der Waals surface area (Å²) in [4.78, 5) is 26.1. The molecule has 2 rings (SSSR count). The van der Waals surface area contributed by atoms with E-state index in [-0.39, 0.29) is 23.5 Å². The second-order valence-electron chi connectivity index (χ2n) is 4.30. The SMILES string of the molecule is O=C(CCc1ccccn1)Nc1c(O)cccc1[N+](=O)[O-]. The Kier molecular flexibility index (Phi) is 4.45. The van der Waals surface area contributed by atoms with Crippen LogP contribution in [0.1, 0.15) is 12.1 Å². The smallest absolute Gasteiger partial charge is 0.296 e. The molecule has 0 unspecified atom stereocenters. The molecule has 1 heterocycles. The largest absolute Gasteiger partial charge is 0.505 e. The van der Waals surface area contributed by atoms with Crippen LogP contribution in [0.2, 0.25) is 0 Å². The van der Waals surface area contributed by atoms with Gasteiger partial charge in [0.25, 0.3) is 5.69 Å². The third-order valence-corrected chi connectivity index (χ3v) is 2.82. The molecule has 0 aliphatic carbocycles. The number of hydrogen-bond acceptors (Lipinski definition) is 5. The highest BCUT2D eigenvalue weighted by Gasteiger charge is 2.19. The van der Waals surface area contributed by atoms with E-state index in [0.717, 1.165) is 5.69 Å². The monoisotopic (exact) mass is 287 g/mol. The van der Waals surface area contributed by atoms with Crippen molar-refractivity contribution in [3.63, 3.8) is 0 Å². The number of nitro groups is 1. The summed E-state index contributed by atoms with van der Waals surface area (Å²) in [7, 11) is 0. The number of amides is 1. The number of nitrogens with one attached hydrogen (secondary N) is 1. The standard InChI is InChI=1S/C14H13N3O4/c18-12-6-3-5-11(17(20)21)14(12)16-13(19)8-7-10-4-1-2-9-15-10/h1-6,9,18H,7-8H2,(H,16,19). The molecule has 2 N–H and O–H groups in total. The number of aromatic hydroxyl groups is 1. The van der Waals surface area contributed by atoms with Crippen molar-refractivity contribution in [1.29, 1.82) is 0 Å². The zero-order chi connectivity index (χ0) is 15.2. The number of nitrogens with zero attached hydrogens (tertiary/aromatic N) is 2. The first-order valence-electron chi connectivity index (χ1n) is 6.24. The summed E-state index contributed by atoms with van der Waals surface area (Å²) < 4.78 is 0. The van der Waals surface area contributed by atoms with E-state index in [9.17, 15) is 20.0 Å². The first kappa shape index (κ1) is 14.4. The van der Waals surface area contributed by atoms with Crippen LogP contribution < -0.4 is 5.32 Å². The fraction of sp³-hybridized carbons (Fsp3) is 0.143. The summed E-state index contributed by atoms with van der Waals surface area (Å²) in [6.45, 7) is 0. The van der Waals surface area contributed by atoms with Crippen LogP contribution in [0, 0.1) is 10.1 Å². The summed E-state index contributed by atoms with van der Waals surface area (Å²) in [6.07, 6.45) is 2.15. The Morgan fingerprint density at radius 3 is 2.76 bits per heavy atom. The molecule has 2 aromatic rings. The Morgan fingerprint density at radius 2 is 2.10 bits per heavy atom. The maximum atomic E-state index is 11.8. The normalized spacial score (nSPS) is 10.1. The predicted octanol–water partition coefficient (Wildman–Crippen LogP) is 2.27. The predicted molar refractivity (Wildman–Crippen MR) is 75.9 cm³/mol. The van der Waals surface area contributed by atoms with E-state index in [2.05, 4.69) is 10.3 Å². The second-order valence-corrected chi connectivity index (χ2v) is 4.30. The van der Waals surface area contributed by atoms with Crippen LogP contribution in [0.4, 0.5) is 11.4 Å². The molecule has 0 bridgehead atoms. The molecule has 1 amide bonds. The minimum Gasteiger partial charge on any atom is -0.505 e. The van der Waals surface area contributed by atoms with Crippen molar-refractivity contribution >= 4 is 17.3 Å². The van der Waals surface area contributed by atoms with Gasteiger partial charge in [-0.15, -0.1) is 0 Å². The minimum absolute atomic E-state index is 0.114. The number of phenols is 1. The Balaban J connectivity index is 2.05. The number of nitro benzene ring substituents is 1. The van der Waals surface area contributed by atoms with E-state index in [0.29, 0.717) is 6.42 Å². The maximum absolute atomic E-state index is 11.8. The Bertz CT molecular complexity index is 659. The lowest BCUT2D eigenvalue weighted by Gasteiger charge is -2.07. The van der Waals surface area contributed by atoms with Crippen molar-refractivity contribution < 1.29 is 14.8 Å². The van der Waals surface area contributed by atoms with Crippen molar-refractivity contribution in [3.8, 4) is 5.75 Å². The molecule has 0 radical (unpaired) electrons. The number of rotatable bonds is 5. The van der Waals surface area contributed by atoms with E-state index in [1.54, 1.807) is 18.3 Å². The molecule has 0 spiro atoms. The van der Waals surface area contributed by atoms with Crippen LogP contribution in [0.5, 0.6) is 5.75 Å². The lowest BCUT2D eigenvalue weighted by atomic mass is 10.2. The van der Waals surface area contributed by atoms with E-state index in [4.69, 9.17) is 0 Å². The fourth-order valence-electron chi connectivity index (χ4n) is 1.80. The van der Waals surface area contributed by atoms with Crippen LogP contribution in [0.3, 0.4) is 0 Å². The Morgan fingerprint density at radius 1 is 1.29 bits per heavy atom.